The fraction of sp³-hybridized carbons (Fsp3) is 0.381. The van der Waals surface area contributed by atoms with Gasteiger partial charge in [0.05, 0.1) is 10.6 Å². The van der Waals surface area contributed by atoms with Gasteiger partial charge in [-0.05, 0) is 30.5 Å². The minimum absolute atomic E-state index is 0.0289. The van der Waals surface area contributed by atoms with Gasteiger partial charge in [0.1, 0.15) is 11.6 Å². The highest BCUT2D eigenvalue weighted by Gasteiger charge is 2.30. The fourth-order valence-corrected chi connectivity index (χ4v) is 3.76. The van der Waals surface area contributed by atoms with Crippen molar-refractivity contribution < 1.29 is 14.0 Å². The highest BCUT2D eigenvalue weighted by atomic mass is 35.5. The van der Waals surface area contributed by atoms with Gasteiger partial charge in [-0.25, -0.2) is 9.37 Å². The standard InChI is InChI=1S/C21H24ClFN4O2/c1-3-15(27-16-8-18(28)26-9-11(16)2)13-5-6-14(22)19(20(13)23)21(29)12-4-7-17(24)25-10-12/h4-7,10-11,15-16,27H,3,8-9H2,1-2H3,(H2,24,25)(H,26,28)/t11?,15-,16+/m1/s1. The lowest BCUT2D eigenvalue weighted by atomic mass is 9.91. The van der Waals surface area contributed by atoms with Crippen molar-refractivity contribution in [1.29, 1.82) is 0 Å². The molecule has 3 rings (SSSR count). The summed E-state index contributed by atoms with van der Waals surface area (Å²) in [6, 6.07) is 5.65. The van der Waals surface area contributed by atoms with Gasteiger partial charge in [-0.2, -0.15) is 0 Å². The van der Waals surface area contributed by atoms with Crippen LogP contribution in [0.1, 0.15) is 54.2 Å². The Morgan fingerprint density at radius 3 is 2.83 bits per heavy atom. The number of anilines is 1. The quantitative estimate of drug-likeness (QED) is 0.625. The van der Waals surface area contributed by atoms with Gasteiger partial charge in [0, 0.05) is 42.4 Å². The number of nitrogens with one attached hydrogen (secondary N) is 2. The number of nitrogens with two attached hydrogens (primary N) is 1. The second kappa shape index (κ2) is 8.88. The number of hydrogen-bond donors (Lipinski definition) is 3. The molecule has 1 amide bonds. The average molecular weight is 419 g/mol. The summed E-state index contributed by atoms with van der Waals surface area (Å²) in [5, 5.41) is 6.26. The molecule has 3 atom stereocenters. The number of piperidine rings is 1. The molecule has 0 spiro atoms. The number of nitrogens with zero attached hydrogens (tertiary/aromatic N) is 1. The van der Waals surface area contributed by atoms with Crippen LogP contribution in [0, 0.1) is 11.7 Å². The van der Waals surface area contributed by atoms with E-state index in [0.29, 0.717) is 24.9 Å². The highest BCUT2D eigenvalue weighted by molar-refractivity contribution is 6.35. The molecule has 1 aromatic carbocycles. The van der Waals surface area contributed by atoms with Gasteiger partial charge in [-0.1, -0.05) is 31.5 Å². The number of pyridine rings is 1. The van der Waals surface area contributed by atoms with Gasteiger partial charge in [-0.3, -0.25) is 9.59 Å². The highest BCUT2D eigenvalue weighted by Crippen LogP contribution is 2.30. The van der Waals surface area contributed by atoms with Crippen LogP contribution in [0.25, 0.3) is 0 Å². The maximum Gasteiger partial charge on any atom is 0.221 e. The first-order chi connectivity index (χ1) is 13.8. The Kier molecular flexibility index (Phi) is 6.49. The summed E-state index contributed by atoms with van der Waals surface area (Å²) < 4.78 is 15.4. The lowest BCUT2D eigenvalue weighted by Crippen LogP contribution is -2.50. The molecule has 1 aliphatic heterocycles. The molecule has 2 heterocycles. The van der Waals surface area contributed by atoms with Gasteiger partial charge in [-0.15, -0.1) is 0 Å². The van der Waals surface area contributed by atoms with E-state index >= 15 is 4.39 Å². The van der Waals surface area contributed by atoms with Crippen molar-refractivity contribution in [3.8, 4) is 0 Å². The Labute approximate surface area is 174 Å². The third-order valence-electron chi connectivity index (χ3n) is 5.31. The Hall–Kier alpha value is -2.51. The third-order valence-corrected chi connectivity index (χ3v) is 5.62. The van der Waals surface area contributed by atoms with Crippen molar-refractivity contribution in [2.45, 2.75) is 38.8 Å². The van der Waals surface area contributed by atoms with E-state index in [2.05, 4.69) is 15.6 Å². The second-order valence-corrected chi connectivity index (χ2v) is 7.75. The Balaban J connectivity index is 1.93. The Bertz CT molecular complexity index is 920. The minimum atomic E-state index is -0.661. The van der Waals surface area contributed by atoms with E-state index in [1.54, 1.807) is 6.07 Å². The molecule has 1 unspecified atom stereocenters. The fourth-order valence-electron chi connectivity index (χ4n) is 3.53. The maximum absolute atomic E-state index is 15.4. The predicted molar refractivity (Wildman–Crippen MR) is 110 cm³/mol. The number of rotatable bonds is 6. The summed E-state index contributed by atoms with van der Waals surface area (Å²) in [4.78, 5) is 28.5. The second-order valence-electron chi connectivity index (χ2n) is 7.35. The largest absolute Gasteiger partial charge is 0.384 e. The van der Waals surface area contributed by atoms with Crippen molar-refractivity contribution in [3.63, 3.8) is 0 Å². The van der Waals surface area contributed by atoms with E-state index < -0.39 is 11.6 Å². The number of aromatic nitrogens is 1. The van der Waals surface area contributed by atoms with Crippen LogP contribution in [0.15, 0.2) is 30.5 Å². The molecule has 0 bridgehead atoms. The number of nitrogen functional groups attached to an aromatic ring is 1. The minimum Gasteiger partial charge on any atom is -0.384 e. The van der Waals surface area contributed by atoms with Crippen molar-refractivity contribution in [2.75, 3.05) is 12.3 Å². The number of ketones is 1. The summed E-state index contributed by atoms with van der Waals surface area (Å²) in [6.07, 6.45) is 2.22. The van der Waals surface area contributed by atoms with E-state index in [-0.39, 0.29) is 45.9 Å². The molecule has 1 saturated heterocycles. The predicted octanol–water partition coefficient (Wildman–Crippen LogP) is 3.25. The first-order valence-corrected chi connectivity index (χ1v) is 9.96. The summed E-state index contributed by atoms with van der Waals surface area (Å²) >= 11 is 6.18. The van der Waals surface area contributed by atoms with Gasteiger partial charge in [0.25, 0.3) is 0 Å². The lowest BCUT2D eigenvalue weighted by molar-refractivity contribution is -0.123. The molecule has 4 N–H and O–H groups in total. The van der Waals surface area contributed by atoms with Crippen molar-refractivity contribution in [3.05, 3.63) is 58.0 Å². The molecular formula is C21H24ClFN4O2. The topological polar surface area (TPSA) is 97.1 Å². The van der Waals surface area contributed by atoms with Gasteiger partial charge in [0.2, 0.25) is 5.91 Å². The molecule has 0 saturated carbocycles. The molecule has 2 aromatic rings. The summed E-state index contributed by atoms with van der Waals surface area (Å²) in [6.45, 7) is 4.53. The van der Waals surface area contributed by atoms with Crippen molar-refractivity contribution in [2.24, 2.45) is 5.92 Å². The molecular weight excluding hydrogens is 395 g/mol. The monoisotopic (exact) mass is 418 g/mol. The van der Waals surface area contributed by atoms with Gasteiger partial charge >= 0.3 is 0 Å². The molecule has 0 radical (unpaired) electrons. The van der Waals surface area contributed by atoms with Gasteiger partial charge < -0.3 is 16.4 Å². The summed E-state index contributed by atoms with van der Waals surface area (Å²) in [7, 11) is 0. The van der Waals surface area contributed by atoms with Crippen molar-refractivity contribution in [1.82, 2.24) is 15.6 Å². The summed E-state index contributed by atoms with van der Waals surface area (Å²) in [5.74, 6) is -0.769. The van der Waals surface area contributed by atoms with Crippen LogP contribution in [0.5, 0.6) is 0 Å². The zero-order valence-corrected chi connectivity index (χ0v) is 17.1. The molecule has 1 fully saturated rings. The van der Waals surface area contributed by atoms with E-state index in [1.807, 2.05) is 13.8 Å². The molecule has 0 aliphatic carbocycles. The maximum atomic E-state index is 15.4. The van der Waals surface area contributed by atoms with Crippen LogP contribution in [0.4, 0.5) is 10.2 Å². The first-order valence-electron chi connectivity index (χ1n) is 9.58. The molecule has 1 aliphatic rings. The summed E-state index contributed by atoms with van der Waals surface area (Å²) in [5.41, 5.74) is 5.92. The van der Waals surface area contributed by atoms with E-state index in [4.69, 9.17) is 17.3 Å². The number of benzene rings is 1. The van der Waals surface area contributed by atoms with Crippen LogP contribution in [-0.2, 0) is 4.79 Å². The van der Waals surface area contributed by atoms with Crippen LogP contribution in [-0.4, -0.2) is 29.3 Å². The van der Waals surface area contributed by atoms with Crippen LogP contribution in [0.2, 0.25) is 5.02 Å². The smallest absolute Gasteiger partial charge is 0.221 e. The van der Waals surface area contributed by atoms with Crippen LogP contribution >= 0.6 is 11.6 Å². The lowest BCUT2D eigenvalue weighted by Gasteiger charge is -2.33. The molecule has 8 heteroatoms. The zero-order valence-electron chi connectivity index (χ0n) is 16.3. The van der Waals surface area contributed by atoms with Gasteiger partial charge in [0.15, 0.2) is 5.78 Å². The first kappa shape index (κ1) is 21.2. The zero-order chi connectivity index (χ0) is 21.1. The van der Waals surface area contributed by atoms with Crippen LogP contribution in [0.3, 0.4) is 0 Å². The normalized spacial score (nSPS) is 20.2. The number of carbonyl (C=O) groups excluding carboxylic acids is 2. The average Bonchev–Trinajstić information content (AvgIpc) is 2.69. The molecule has 154 valence electrons. The third kappa shape index (κ3) is 4.57. The van der Waals surface area contributed by atoms with Crippen molar-refractivity contribution >= 4 is 29.1 Å². The number of hydrogen-bond acceptors (Lipinski definition) is 5. The Morgan fingerprint density at radius 2 is 2.17 bits per heavy atom. The molecule has 29 heavy (non-hydrogen) atoms. The number of amides is 1. The van der Waals surface area contributed by atoms with Crippen LogP contribution < -0.4 is 16.4 Å². The Morgan fingerprint density at radius 1 is 1.41 bits per heavy atom. The van der Waals surface area contributed by atoms with E-state index in [0.717, 1.165) is 0 Å². The molecule has 6 nitrogen and oxygen atoms in total. The van der Waals surface area contributed by atoms with E-state index in [1.165, 1.54) is 24.4 Å². The SMILES string of the molecule is CC[C@@H](N[C@H]1CC(=O)NCC1C)c1ccc(Cl)c(C(=O)c2ccc(N)nc2)c1F. The van der Waals surface area contributed by atoms with E-state index in [9.17, 15) is 9.59 Å². The number of carbonyl (C=O) groups is 2. The molecule has 1 aromatic heterocycles. The number of halogens is 2.